The highest BCUT2D eigenvalue weighted by molar-refractivity contribution is 7.92. The maximum absolute atomic E-state index is 13.5. The lowest BCUT2D eigenvalue weighted by molar-refractivity contribution is -0.137. The fraction of sp³-hybridized carbons (Fsp3) is 0.192. The number of ether oxygens (including phenoxy) is 1. The van der Waals surface area contributed by atoms with E-state index in [4.69, 9.17) is 9.84 Å². The van der Waals surface area contributed by atoms with Gasteiger partial charge in [-0.15, -0.1) is 0 Å². The number of alkyl halides is 3. The van der Waals surface area contributed by atoms with E-state index < -0.39 is 33.8 Å². The van der Waals surface area contributed by atoms with Crippen LogP contribution in [-0.4, -0.2) is 25.5 Å². The fourth-order valence-corrected chi connectivity index (χ4v) is 5.12. The molecule has 3 aromatic rings. The number of anilines is 1. The van der Waals surface area contributed by atoms with Crippen molar-refractivity contribution in [2.24, 2.45) is 0 Å². The average Bonchev–Trinajstić information content (AvgIpc) is 2.82. The average molecular weight is 520 g/mol. The molecular formula is C26H24F3NO5S. The van der Waals surface area contributed by atoms with Gasteiger partial charge in [0, 0.05) is 12.1 Å². The number of carboxylic acid groups (broad SMARTS) is 1. The molecule has 0 aliphatic rings. The van der Waals surface area contributed by atoms with Gasteiger partial charge in [-0.2, -0.15) is 13.2 Å². The molecular weight excluding hydrogens is 495 g/mol. The molecule has 3 aromatic carbocycles. The zero-order valence-electron chi connectivity index (χ0n) is 19.4. The Balaban J connectivity index is 2.00. The van der Waals surface area contributed by atoms with Crippen LogP contribution in [0.15, 0.2) is 83.8 Å². The third-order valence-corrected chi connectivity index (χ3v) is 7.09. The van der Waals surface area contributed by atoms with E-state index in [0.29, 0.717) is 11.1 Å². The topological polar surface area (TPSA) is 83.9 Å². The number of carboxylic acids is 1. The summed E-state index contributed by atoms with van der Waals surface area (Å²) in [5, 5.41) is 8.73. The number of halogens is 3. The summed E-state index contributed by atoms with van der Waals surface area (Å²) >= 11 is 0. The SMILES string of the molecule is CC(C)N(c1cc(C(F)(F)F)ccc1OCc1ccc(C=CC(=O)O)cc1)S(=O)(=O)c1ccccc1. The highest BCUT2D eigenvalue weighted by Crippen LogP contribution is 2.40. The van der Waals surface area contributed by atoms with Gasteiger partial charge in [0.15, 0.2) is 0 Å². The van der Waals surface area contributed by atoms with Gasteiger partial charge in [-0.05, 0) is 61.4 Å². The van der Waals surface area contributed by atoms with Crippen molar-refractivity contribution < 1.29 is 36.2 Å². The number of aliphatic carboxylic acids is 1. The Hall–Kier alpha value is -3.79. The fourth-order valence-electron chi connectivity index (χ4n) is 3.43. The van der Waals surface area contributed by atoms with Crippen molar-refractivity contribution >= 4 is 27.8 Å². The standard InChI is InChI=1S/C26H24F3NO5S/c1-18(2)30(36(33,34)22-6-4-3-5-7-22)23-16-21(26(27,28)29)13-14-24(23)35-17-20-10-8-19(9-11-20)12-15-25(31)32/h3-16,18H,17H2,1-2H3,(H,31,32). The van der Waals surface area contributed by atoms with Crippen molar-refractivity contribution in [3.63, 3.8) is 0 Å². The lowest BCUT2D eigenvalue weighted by Gasteiger charge is -2.30. The maximum atomic E-state index is 13.5. The zero-order chi connectivity index (χ0) is 26.5. The summed E-state index contributed by atoms with van der Waals surface area (Å²) < 4.78 is 74.2. The molecule has 0 saturated heterocycles. The summed E-state index contributed by atoms with van der Waals surface area (Å²) in [4.78, 5) is 10.6. The van der Waals surface area contributed by atoms with E-state index in [1.165, 1.54) is 30.3 Å². The number of hydrogen-bond donors (Lipinski definition) is 1. The van der Waals surface area contributed by atoms with E-state index in [1.54, 1.807) is 44.2 Å². The third-order valence-electron chi connectivity index (χ3n) is 5.09. The van der Waals surface area contributed by atoms with Crippen LogP contribution < -0.4 is 9.04 Å². The van der Waals surface area contributed by atoms with E-state index in [-0.39, 0.29) is 22.9 Å². The molecule has 0 amide bonds. The Morgan fingerprint density at radius 1 is 1.03 bits per heavy atom. The first-order valence-electron chi connectivity index (χ1n) is 10.8. The second-order valence-corrected chi connectivity index (χ2v) is 9.90. The Bertz CT molecular complexity index is 1340. The first-order chi connectivity index (χ1) is 16.9. The Kier molecular flexibility index (Phi) is 8.09. The molecule has 10 heteroatoms. The monoisotopic (exact) mass is 519 g/mol. The molecule has 1 N–H and O–H groups in total. The van der Waals surface area contributed by atoms with Crippen LogP contribution in [0.2, 0.25) is 0 Å². The van der Waals surface area contributed by atoms with Gasteiger partial charge in [0.2, 0.25) is 0 Å². The summed E-state index contributed by atoms with van der Waals surface area (Å²) in [6.07, 6.45) is -2.28. The van der Waals surface area contributed by atoms with E-state index in [2.05, 4.69) is 0 Å². The van der Waals surface area contributed by atoms with Crippen LogP contribution in [-0.2, 0) is 27.6 Å². The molecule has 0 aromatic heterocycles. The summed E-state index contributed by atoms with van der Waals surface area (Å²) in [6.45, 7) is 3.07. The van der Waals surface area contributed by atoms with Gasteiger partial charge in [0.05, 0.1) is 16.1 Å². The van der Waals surface area contributed by atoms with Gasteiger partial charge >= 0.3 is 12.1 Å². The van der Waals surface area contributed by atoms with Crippen LogP contribution in [0.25, 0.3) is 6.08 Å². The number of sulfonamides is 1. The first kappa shape index (κ1) is 26.8. The molecule has 0 bridgehead atoms. The van der Waals surface area contributed by atoms with Gasteiger partial charge in [-0.1, -0.05) is 42.5 Å². The molecule has 0 saturated carbocycles. The van der Waals surface area contributed by atoms with Crippen molar-refractivity contribution in [3.05, 3.63) is 95.6 Å². The van der Waals surface area contributed by atoms with E-state index >= 15 is 0 Å². The largest absolute Gasteiger partial charge is 0.487 e. The molecule has 0 unspecified atom stereocenters. The van der Waals surface area contributed by atoms with Gasteiger partial charge < -0.3 is 9.84 Å². The van der Waals surface area contributed by atoms with Crippen molar-refractivity contribution in [3.8, 4) is 5.75 Å². The highest BCUT2D eigenvalue weighted by atomic mass is 32.2. The summed E-state index contributed by atoms with van der Waals surface area (Å²) in [5.41, 5.74) is 0.0460. The second-order valence-electron chi connectivity index (χ2n) is 8.09. The minimum Gasteiger partial charge on any atom is -0.487 e. The zero-order valence-corrected chi connectivity index (χ0v) is 20.3. The smallest absolute Gasteiger partial charge is 0.416 e. The Morgan fingerprint density at radius 2 is 1.67 bits per heavy atom. The Labute approximate surface area is 207 Å². The van der Waals surface area contributed by atoms with Crippen LogP contribution in [0.5, 0.6) is 5.75 Å². The minimum atomic E-state index is -4.69. The van der Waals surface area contributed by atoms with Crippen molar-refractivity contribution in [1.82, 2.24) is 0 Å². The number of hydrogen-bond acceptors (Lipinski definition) is 4. The van der Waals surface area contributed by atoms with E-state index in [1.807, 2.05) is 0 Å². The van der Waals surface area contributed by atoms with Gasteiger partial charge in [-0.3, -0.25) is 4.31 Å². The summed E-state index contributed by atoms with van der Waals surface area (Å²) in [6, 6.07) is 16.1. The minimum absolute atomic E-state index is 0.0361. The molecule has 3 rings (SSSR count). The number of nitrogens with zero attached hydrogens (tertiary/aromatic N) is 1. The number of benzene rings is 3. The molecule has 0 heterocycles. The van der Waals surface area contributed by atoms with Crippen molar-refractivity contribution in [1.29, 1.82) is 0 Å². The van der Waals surface area contributed by atoms with Crippen LogP contribution in [0.4, 0.5) is 18.9 Å². The normalized spacial score (nSPS) is 12.2. The third kappa shape index (κ3) is 6.45. The van der Waals surface area contributed by atoms with Crippen LogP contribution in [0.3, 0.4) is 0 Å². The van der Waals surface area contributed by atoms with Crippen molar-refractivity contribution in [2.75, 3.05) is 4.31 Å². The number of rotatable bonds is 9. The molecule has 0 atom stereocenters. The molecule has 0 spiro atoms. The van der Waals surface area contributed by atoms with Crippen LogP contribution in [0.1, 0.15) is 30.5 Å². The highest BCUT2D eigenvalue weighted by Gasteiger charge is 2.35. The predicted octanol–water partition coefficient (Wildman–Crippen LogP) is 5.99. The molecule has 0 aliphatic heterocycles. The van der Waals surface area contributed by atoms with E-state index in [0.717, 1.165) is 28.6 Å². The van der Waals surface area contributed by atoms with Gasteiger partial charge in [0.1, 0.15) is 12.4 Å². The van der Waals surface area contributed by atoms with Crippen LogP contribution >= 0.6 is 0 Å². The molecule has 0 aliphatic carbocycles. The van der Waals surface area contributed by atoms with Gasteiger partial charge in [0.25, 0.3) is 10.0 Å². The second kappa shape index (κ2) is 10.9. The summed E-state index contributed by atoms with van der Waals surface area (Å²) in [7, 11) is -4.21. The van der Waals surface area contributed by atoms with Crippen LogP contribution in [0, 0.1) is 0 Å². The van der Waals surface area contributed by atoms with Gasteiger partial charge in [-0.25, -0.2) is 13.2 Å². The maximum Gasteiger partial charge on any atom is 0.416 e. The molecule has 190 valence electrons. The molecule has 36 heavy (non-hydrogen) atoms. The predicted molar refractivity (Wildman–Crippen MR) is 130 cm³/mol. The van der Waals surface area contributed by atoms with Crippen molar-refractivity contribution in [2.45, 2.75) is 37.6 Å². The quantitative estimate of drug-likeness (QED) is 0.351. The number of carbonyl (C=O) groups is 1. The lowest BCUT2D eigenvalue weighted by atomic mass is 10.1. The molecule has 0 fully saturated rings. The molecule has 6 nitrogen and oxygen atoms in total. The summed E-state index contributed by atoms with van der Waals surface area (Å²) in [5.74, 6) is -1.12. The lowest BCUT2D eigenvalue weighted by Crippen LogP contribution is -2.37. The first-order valence-corrected chi connectivity index (χ1v) is 12.3. The Morgan fingerprint density at radius 3 is 2.22 bits per heavy atom. The van der Waals surface area contributed by atoms with E-state index in [9.17, 15) is 26.4 Å². The molecule has 0 radical (unpaired) electrons.